The van der Waals surface area contributed by atoms with Gasteiger partial charge in [-0.15, -0.1) is 0 Å². The molecule has 4 bridgehead atoms. The largest absolute Gasteiger partial charge is 0.507 e. The molecule has 23 nitrogen and oxygen atoms in total. The fourth-order valence-electron chi connectivity index (χ4n) is 15.7. The van der Waals surface area contributed by atoms with Gasteiger partial charge in [-0.25, -0.2) is 0 Å². The number of piperazine rings is 2. The molecule has 2 fully saturated rings. The number of nitriles is 2. The topological polar surface area (TPSA) is 305 Å². The number of hydrogen-bond acceptors (Lipinski definition) is 20. The van der Waals surface area contributed by atoms with Gasteiger partial charge in [0.2, 0.25) is 25.4 Å². The summed E-state index contributed by atoms with van der Waals surface area (Å²) in [5, 5.41) is 80.2. The maximum atomic E-state index is 13.6. The first kappa shape index (κ1) is 63.1. The summed E-state index contributed by atoms with van der Waals surface area (Å²) in [7, 11) is 7.06. The van der Waals surface area contributed by atoms with Crippen LogP contribution in [-0.4, -0.2) is 160 Å². The van der Waals surface area contributed by atoms with E-state index in [1.807, 2.05) is 70.4 Å². The van der Waals surface area contributed by atoms with Crippen LogP contribution in [0.3, 0.4) is 0 Å². The van der Waals surface area contributed by atoms with Crippen LogP contribution in [0, 0.1) is 50.4 Å². The fourth-order valence-corrected chi connectivity index (χ4v) is 16.0. The van der Waals surface area contributed by atoms with Crippen LogP contribution in [0.4, 0.5) is 5.69 Å². The Balaban J connectivity index is 0.000000187. The summed E-state index contributed by atoms with van der Waals surface area (Å²) < 4.78 is 34.8. The zero-order valence-corrected chi connectivity index (χ0v) is 52.2. The second kappa shape index (κ2) is 24.4. The molecule has 8 heterocycles. The van der Waals surface area contributed by atoms with E-state index < -0.39 is 36.3 Å². The molecule has 5 aromatic carbocycles. The first-order valence-corrected chi connectivity index (χ1v) is 30.3. The van der Waals surface area contributed by atoms with Gasteiger partial charge in [0.15, 0.2) is 51.1 Å². The summed E-state index contributed by atoms with van der Waals surface area (Å²) in [5.74, 6) is 2.62. The molecule has 0 aliphatic carbocycles. The number of fused-ring (bicyclic) bond motifs is 18. The predicted molar refractivity (Wildman–Crippen MR) is 337 cm³/mol. The molecule has 5 aromatic rings. The van der Waals surface area contributed by atoms with Crippen LogP contribution in [0.1, 0.15) is 112 Å². The van der Waals surface area contributed by atoms with E-state index in [1.54, 1.807) is 41.9 Å². The van der Waals surface area contributed by atoms with E-state index in [1.165, 1.54) is 0 Å². The second-order valence-electron chi connectivity index (χ2n) is 24.5. The Labute approximate surface area is 529 Å². The van der Waals surface area contributed by atoms with Gasteiger partial charge in [0.1, 0.15) is 29.6 Å². The van der Waals surface area contributed by atoms with Crippen LogP contribution in [0.15, 0.2) is 42.5 Å². The van der Waals surface area contributed by atoms with Gasteiger partial charge in [-0.05, 0) is 128 Å². The Hall–Kier alpha value is -8.49. The summed E-state index contributed by atoms with van der Waals surface area (Å²) in [6.45, 7) is 11.0. The highest BCUT2D eigenvalue weighted by molar-refractivity contribution is 7.80. The van der Waals surface area contributed by atoms with Gasteiger partial charge < -0.3 is 75.8 Å². The van der Waals surface area contributed by atoms with E-state index in [9.17, 15) is 40.5 Å². The Bertz CT molecular complexity index is 3820. The van der Waals surface area contributed by atoms with Crippen LogP contribution in [0.5, 0.6) is 57.5 Å². The molecule has 10 N–H and O–H groups in total. The normalized spacial score (nSPS) is 25.2. The molecule has 0 radical (unpaired) electrons. The van der Waals surface area contributed by atoms with Gasteiger partial charge >= 0.3 is 0 Å². The Morgan fingerprint density at radius 2 is 1.08 bits per heavy atom. The lowest BCUT2D eigenvalue weighted by molar-refractivity contribution is -0.124. The number of nitrogens with one attached hydrogen (secondary N) is 4. The molecule has 12 atom stereocenters. The van der Waals surface area contributed by atoms with Crippen LogP contribution in [0.2, 0.25) is 0 Å². The molecule has 0 spiro atoms. The molecule has 24 heteroatoms. The Morgan fingerprint density at radius 3 is 1.49 bits per heavy atom. The van der Waals surface area contributed by atoms with Crippen LogP contribution < -0.4 is 55.4 Å². The van der Waals surface area contributed by atoms with Gasteiger partial charge in [-0.1, -0.05) is 37.8 Å². The zero-order chi connectivity index (χ0) is 63.3. The standard InChI is InChI=1S/C36H40N6O6S.C29H35N5O6.CH4/c1-17-11-20-12-23-25(14-37)42-24(29(41(23)4)27(20)31(44)32(17)46-5)13-22-28(34-33(47-16-48-34)18(2)30(22)43)26(42)15-38-35(45)19(3)39-36(49)40-21-9-7-6-8-10-21;1-12-6-15-7-17-19(9-30)34-18(23(33(17)4)21(15)25(36)26(12)38-5)8-16-22(20(34)10-32-29(37)14(3)31)28-27(39-11-40-28)13(2)24(16)35;/h6-11,19,23-26,29,43-44H,12-13,15-16H2,1-5H3,(H,38,45)(H2,39,40,49);6,14,17-20,23,35-36H,7-8,10-11,31H2,1-5H3,(H,32,37);1H4/t19-,23+,24?,25+,26+,29+;14-,17-,18?,19-,20-,23-;/m10./s1. The fraction of sp³-hybridized carbons (Fsp3) is 0.470. The lowest BCUT2D eigenvalue weighted by Gasteiger charge is -2.60. The van der Waals surface area contributed by atoms with Crippen LogP contribution >= 0.6 is 12.2 Å². The SMILES string of the molecule is C.COc1c(C)cc2c(c1O)[C@@H]1C3Cc4c(O)c(C)c5c(c4[C@H](CNC(=O)[C@@H](C)NC(=S)Nc4ccccc4)N3[C@@H](C#N)[C@H](C2)N1C)OCO5.COc1c(C)cc2c(c1O)[C@@H]1C3Cc4c(O)c(C)c5c(c4[C@H](CNC(=O)[C@H](C)N)N3[C@@H](C#N)[C@H](C2)N1C)OCO5. The Morgan fingerprint density at radius 1 is 0.656 bits per heavy atom. The molecule has 2 amide bonds. The smallest absolute Gasteiger partial charge is 0.242 e. The molecule has 0 aromatic heterocycles. The number of carbonyl (C=O) groups excluding carboxylic acids is 2. The minimum atomic E-state index is -0.714. The molecule has 2 saturated heterocycles. The van der Waals surface area contributed by atoms with Gasteiger partial charge in [0, 0.05) is 87.5 Å². The molecular weight excluding hydrogens is 1170 g/mol. The number of para-hydroxylation sites is 1. The third kappa shape index (κ3) is 9.99. The minimum absolute atomic E-state index is 0. The first-order chi connectivity index (χ1) is 42.6. The quantitative estimate of drug-likeness (QED) is 0.0720. The van der Waals surface area contributed by atoms with Crippen molar-refractivity contribution in [1.82, 2.24) is 35.6 Å². The van der Waals surface area contributed by atoms with E-state index >= 15 is 0 Å². The molecule has 13 rings (SSSR count). The number of nitrogens with zero attached hydrogens (tertiary/aromatic N) is 6. The number of aryl methyl sites for hydroxylation is 2. The third-order valence-corrected chi connectivity index (χ3v) is 19.9. The number of nitrogens with two attached hydrogens (primary N) is 1. The number of methoxy groups -OCH3 is 2. The van der Waals surface area contributed by atoms with E-state index in [0.717, 1.165) is 39.1 Å². The minimum Gasteiger partial charge on any atom is -0.507 e. The highest BCUT2D eigenvalue weighted by Crippen LogP contribution is 2.60. The molecule has 2 unspecified atom stereocenters. The van der Waals surface area contributed by atoms with Crippen molar-refractivity contribution in [3.63, 3.8) is 0 Å². The third-order valence-electron chi connectivity index (χ3n) is 19.7. The number of likely N-dealkylation sites (N-methyl/N-ethyl adjacent to an activating group) is 2. The van der Waals surface area contributed by atoms with Crippen molar-refractivity contribution >= 4 is 34.8 Å². The zero-order valence-electron chi connectivity index (χ0n) is 51.4. The maximum Gasteiger partial charge on any atom is 0.242 e. The summed E-state index contributed by atoms with van der Waals surface area (Å²) in [6.07, 6.45) is 1.86. The Kier molecular flexibility index (Phi) is 17.1. The van der Waals surface area contributed by atoms with Crippen molar-refractivity contribution in [2.24, 2.45) is 5.73 Å². The van der Waals surface area contributed by atoms with Gasteiger partial charge in [-0.3, -0.25) is 29.2 Å². The summed E-state index contributed by atoms with van der Waals surface area (Å²) in [4.78, 5) is 34.9. The molecule has 90 heavy (non-hydrogen) atoms. The average Bonchev–Trinajstić information content (AvgIpc) is 1.41. The van der Waals surface area contributed by atoms with Gasteiger partial charge in [0.25, 0.3) is 0 Å². The van der Waals surface area contributed by atoms with Crippen molar-refractivity contribution in [1.29, 1.82) is 10.5 Å². The van der Waals surface area contributed by atoms with Crippen molar-refractivity contribution < 1.29 is 58.4 Å². The highest BCUT2D eigenvalue weighted by Gasteiger charge is 2.59. The van der Waals surface area contributed by atoms with Crippen molar-refractivity contribution in [3.8, 4) is 69.6 Å². The van der Waals surface area contributed by atoms with Crippen molar-refractivity contribution in [2.75, 3.05) is 60.3 Å². The molecule has 0 saturated carbocycles. The second-order valence-corrected chi connectivity index (χ2v) is 24.9. The number of phenols is 4. The monoisotopic (exact) mass is 1250 g/mol. The molecular formula is C66H79N11O12S. The van der Waals surface area contributed by atoms with E-state index in [4.69, 9.17) is 46.4 Å². The maximum absolute atomic E-state index is 13.6. The lowest BCUT2D eigenvalue weighted by Crippen LogP contribution is -2.68. The van der Waals surface area contributed by atoms with E-state index in [0.29, 0.717) is 98.7 Å². The number of thiocarbonyl (C=S) groups is 1. The number of benzene rings is 5. The van der Waals surface area contributed by atoms with E-state index in [-0.39, 0.29) is 105 Å². The van der Waals surface area contributed by atoms with Crippen LogP contribution in [-0.2, 0) is 35.3 Å². The van der Waals surface area contributed by atoms with Crippen molar-refractivity contribution in [3.05, 3.63) is 109 Å². The number of anilines is 1. The number of ether oxygens (including phenoxy) is 6. The number of rotatable bonds is 10. The van der Waals surface area contributed by atoms with E-state index in [2.05, 4.69) is 53.0 Å². The number of aromatic hydroxyl groups is 4. The van der Waals surface area contributed by atoms with Gasteiger partial charge in [0.05, 0.1) is 56.6 Å². The number of carbonyl (C=O) groups is 2. The van der Waals surface area contributed by atoms with Gasteiger partial charge in [-0.2, -0.15) is 10.5 Å². The highest BCUT2D eigenvalue weighted by atomic mass is 32.1. The summed E-state index contributed by atoms with van der Waals surface area (Å²) in [5.41, 5.74) is 15.7. The number of amides is 2. The lowest BCUT2D eigenvalue weighted by atomic mass is 9.71. The average molecular weight is 1250 g/mol. The van der Waals surface area contributed by atoms with Crippen molar-refractivity contribution in [2.45, 2.75) is 147 Å². The molecule has 8 aliphatic heterocycles. The summed E-state index contributed by atoms with van der Waals surface area (Å²) >= 11 is 5.47. The first-order valence-electron chi connectivity index (χ1n) is 29.9. The molecule has 476 valence electrons. The number of phenolic OH excluding ortho intramolecular Hbond substituents is 4. The molecule has 8 aliphatic rings. The number of hydrogen-bond donors (Lipinski definition) is 9. The summed E-state index contributed by atoms with van der Waals surface area (Å²) in [6, 6.07) is 13.4. The van der Waals surface area contributed by atoms with Crippen LogP contribution in [0.25, 0.3) is 0 Å². The predicted octanol–water partition coefficient (Wildman–Crippen LogP) is 6.04.